The summed E-state index contributed by atoms with van der Waals surface area (Å²) in [5, 5.41) is 0. The van der Waals surface area contributed by atoms with Crippen LogP contribution in [0.3, 0.4) is 0 Å². The molecule has 1 heterocycles. The Morgan fingerprint density at radius 1 is 1.50 bits per heavy atom. The highest BCUT2D eigenvalue weighted by Crippen LogP contribution is 2.18. The van der Waals surface area contributed by atoms with Crippen molar-refractivity contribution >= 4 is 0 Å². The zero-order chi connectivity index (χ0) is 10.7. The van der Waals surface area contributed by atoms with E-state index in [9.17, 15) is 0 Å². The standard InChI is InChI=1S/C10H19N3O/c1-5-13-9(8(4)11)6-12-10(13)14-7(2)3/h6-8H,5,11H2,1-4H3. The van der Waals surface area contributed by atoms with E-state index in [2.05, 4.69) is 11.9 Å². The zero-order valence-corrected chi connectivity index (χ0v) is 9.32. The first-order valence-electron chi connectivity index (χ1n) is 5.03. The molecule has 0 bridgehead atoms. The summed E-state index contributed by atoms with van der Waals surface area (Å²) in [4.78, 5) is 4.21. The lowest BCUT2D eigenvalue weighted by Gasteiger charge is -2.13. The van der Waals surface area contributed by atoms with E-state index in [1.807, 2.05) is 25.3 Å². The fourth-order valence-corrected chi connectivity index (χ4v) is 1.36. The fraction of sp³-hybridized carbons (Fsp3) is 0.700. The van der Waals surface area contributed by atoms with Crippen LogP contribution in [0.15, 0.2) is 6.20 Å². The lowest BCUT2D eigenvalue weighted by atomic mass is 10.3. The van der Waals surface area contributed by atoms with Gasteiger partial charge in [0.15, 0.2) is 0 Å². The van der Waals surface area contributed by atoms with Crippen LogP contribution in [0.25, 0.3) is 0 Å². The molecule has 1 aromatic rings. The first-order chi connectivity index (χ1) is 6.56. The van der Waals surface area contributed by atoms with Crippen molar-refractivity contribution in [3.8, 4) is 6.01 Å². The molecule has 0 radical (unpaired) electrons. The van der Waals surface area contributed by atoms with Gasteiger partial charge in [-0.05, 0) is 27.7 Å². The number of nitrogens with zero attached hydrogens (tertiary/aromatic N) is 2. The molecular formula is C10H19N3O. The third-order valence-electron chi connectivity index (χ3n) is 1.97. The van der Waals surface area contributed by atoms with Gasteiger partial charge in [0.2, 0.25) is 0 Å². The van der Waals surface area contributed by atoms with Crippen LogP contribution >= 0.6 is 0 Å². The Labute approximate surface area is 85.1 Å². The Kier molecular flexibility index (Phi) is 3.52. The largest absolute Gasteiger partial charge is 0.462 e. The predicted octanol–water partition coefficient (Wildman–Crippen LogP) is 1.71. The van der Waals surface area contributed by atoms with Crippen molar-refractivity contribution < 1.29 is 4.74 Å². The highest BCUT2D eigenvalue weighted by molar-refractivity contribution is 5.12. The van der Waals surface area contributed by atoms with Gasteiger partial charge in [-0.1, -0.05) is 0 Å². The highest BCUT2D eigenvalue weighted by Gasteiger charge is 2.13. The maximum Gasteiger partial charge on any atom is 0.296 e. The molecule has 0 aromatic carbocycles. The second-order valence-corrected chi connectivity index (χ2v) is 3.67. The van der Waals surface area contributed by atoms with Crippen LogP contribution in [-0.2, 0) is 6.54 Å². The maximum absolute atomic E-state index is 5.82. The van der Waals surface area contributed by atoms with Crippen LogP contribution < -0.4 is 10.5 Å². The topological polar surface area (TPSA) is 53.1 Å². The fourth-order valence-electron chi connectivity index (χ4n) is 1.36. The number of hydrogen-bond acceptors (Lipinski definition) is 3. The van der Waals surface area contributed by atoms with Gasteiger partial charge in [-0.15, -0.1) is 0 Å². The summed E-state index contributed by atoms with van der Waals surface area (Å²) in [6.45, 7) is 8.81. The van der Waals surface area contributed by atoms with Crippen molar-refractivity contribution in [1.82, 2.24) is 9.55 Å². The average Bonchev–Trinajstić information content (AvgIpc) is 2.46. The summed E-state index contributed by atoms with van der Waals surface area (Å²) in [6, 6.07) is 0.654. The Bertz CT molecular complexity index is 292. The van der Waals surface area contributed by atoms with Gasteiger partial charge in [0.05, 0.1) is 18.0 Å². The number of imidazole rings is 1. The summed E-state index contributed by atoms with van der Waals surface area (Å²) in [5.41, 5.74) is 6.83. The van der Waals surface area contributed by atoms with E-state index in [-0.39, 0.29) is 12.1 Å². The van der Waals surface area contributed by atoms with E-state index < -0.39 is 0 Å². The molecule has 1 aromatic heterocycles. The van der Waals surface area contributed by atoms with Gasteiger partial charge in [0.25, 0.3) is 6.01 Å². The molecule has 4 nitrogen and oxygen atoms in total. The minimum atomic E-state index is -0.00744. The molecule has 0 fully saturated rings. The molecule has 0 aliphatic carbocycles. The smallest absolute Gasteiger partial charge is 0.296 e. The second kappa shape index (κ2) is 4.46. The number of nitrogens with two attached hydrogens (primary N) is 1. The number of ether oxygens (including phenoxy) is 1. The molecule has 4 heteroatoms. The Morgan fingerprint density at radius 3 is 2.57 bits per heavy atom. The van der Waals surface area contributed by atoms with Crippen molar-refractivity contribution in [2.24, 2.45) is 5.73 Å². The SMILES string of the molecule is CCn1c(C(C)N)cnc1OC(C)C. The van der Waals surface area contributed by atoms with Gasteiger partial charge in [-0.2, -0.15) is 0 Å². The number of rotatable bonds is 4. The van der Waals surface area contributed by atoms with E-state index in [0.717, 1.165) is 12.2 Å². The van der Waals surface area contributed by atoms with Crippen molar-refractivity contribution in [2.45, 2.75) is 46.4 Å². The molecular weight excluding hydrogens is 178 g/mol. The Hall–Kier alpha value is -1.03. The van der Waals surface area contributed by atoms with Gasteiger partial charge >= 0.3 is 0 Å². The first kappa shape index (κ1) is 11.0. The molecule has 80 valence electrons. The van der Waals surface area contributed by atoms with Gasteiger partial charge in [0, 0.05) is 12.6 Å². The maximum atomic E-state index is 5.82. The van der Waals surface area contributed by atoms with Crippen molar-refractivity contribution in [3.63, 3.8) is 0 Å². The molecule has 2 N–H and O–H groups in total. The van der Waals surface area contributed by atoms with E-state index in [1.54, 1.807) is 6.20 Å². The molecule has 0 aliphatic rings. The van der Waals surface area contributed by atoms with Crippen LogP contribution in [0.4, 0.5) is 0 Å². The number of hydrogen-bond donors (Lipinski definition) is 1. The monoisotopic (exact) mass is 197 g/mol. The summed E-state index contributed by atoms with van der Waals surface area (Å²) in [7, 11) is 0. The van der Waals surface area contributed by atoms with E-state index in [1.165, 1.54) is 0 Å². The Morgan fingerprint density at radius 2 is 2.14 bits per heavy atom. The Balaban J connectivity index is 2.95. The molecule has 1 unspecified atom stereocenters. The summed E-state index contributed by atoms with van der Waals surface area (Å²) in [6.07, 6.45) is 1.93. The molecule has 0 saturated carbocycles. The third kappa shape index (κ3) is 2.26. The quantitative estimate of drug-likeness (QED) is 0.799. The zero-order valence-electron chi connectivity index (χ0n) is 9.32. The van der Waals surface area contributed by atoms with Crippen LogP contribution in [0, 0.1) is 0 Å². The predicted molar refractivity (Wildman–Crippen MR) is 56.3 cm³/mol. The summed E-state index contributed by atoms with van der Waals surface area (Å²) < 4.78 is 7.57. The van der Waals surface area contributed by atoms with Crippen LogP contribution in [0.5, 0.6) is 6.01 Å². The minimum absolute atomic E-state index is 0.00744. The molecule has 0 saturated heterocycles. The van der Waals surface area contributed by atoms with Gasteiger partial charge < -0.3 is 10.5 Å². The molecule has 0 spiro atoms. The minimum Gasteiger partial charge on any atom is -0.462 e. The van der Waals surface area contributed by atoms with Gasteiger partial charge in [-0.3, -0.25) is 4.57 Å². The van der Waals surface area contributed by atoms with E-state index >= 15 is 0 Å². The van der Waals surface area contributed by atoms with Crippen molar-refractivity contribution in [2.75, 3.05) is 0 Å². The van der Waals surface area contributed by atoms with Gasteiger partial charge in [0.1, 0.15) is 0 Å². The third-order valence-corrected chi connectivity index (χ3v) is 1.97. The van der Waals surface area contributed by atoms with E-state index in [0.29, 0.717) is 6.01 Å². The second-order valence-electron chi connectivity index (χ2n) is 3.67. The normalized spacial score (nSPS) is 13.3. The van der Waals surface area contributed by atoms with Crippen LogP contribution in [0.1, 0.15) is 39.4 Å². The lowest BCUT2D eigenvalue weighted by molar-refractivity contribution is 0.211. The van der Waals surface area contributed by atoms with Crippen LogP contribution in [0.2, 0.25) is 0 Å². The van der Waals surface area contributed by atoms with Gasteiger partial charge in [-0.25, -0.2) is 4.98 Å². The van der Waals surface area contributed by atoms with Crippen molar-refractivity contribution in [1.29, 1.82) is 0 Å². The first-order valence-corrected chi connectivity index (χ1v) is 5.03. The molecule has 1 rings (SSSR count). The molecule has 14 heavy (non-hydrogen) atoms. The molecule has 0 aliphatic heterocycles. The highest BCUT2D eigenvalue weighted by atomic mass is 16.5. The lowest BCUT2D eigenvalue weighted by Crippen LogP contribution is -2.15. The summed E-state index contributed by atoms with van der Waals surface area (Å²) >= 11 is 0. The average molecular weight is 197 g/mol. The molecule has 0 amide bonds. The van der Waals surface area contributed by atoms with Crippen molar-refractivity contribution in [3.05, 3.63) is 11.9 Å². The number of aromatic nitrogens is 2. The molecule has 1 atom stereocenters. The van der Waals surface area contributed by atoms with E-state index in [4.69, 9.17) is 10.5 Å². The summed E-state index contributed by atoms with van der Waals surface area (Å²) in [5.74, 6) is 0. The van der Waals surface area contributed by atoms with Crippen LogP contribution in [-0.4, -0.2) is 15.7 Å².